The fourth-order valence-corrected chi connectivity index (χ4v) is 6.34. The molecule has 0 saturated heterocycles. The third-order valence-electron chi connectivity index (χ3n) is 8.86. The molecule has 1 unspecified atom stereocenters. The molecular formula is C32H45N5O4Si. The summed E-state index contributed by atoms with van der Waals surface area (Å²) in [6.45, 7) is 13.2. The lowest BCUT2D eigenvalue weighted by Crippen LogP contribution is -2.43. The molecule has 3 aromatic rings. The highest BCUT2D eigenvalue weighted by Gasteiger charge is 2.38. The number of nitrogens with one attached hydrogen (secondary N) is 1. The summed E-state index contributed by atoms with van der Waals surface area (Å²) in [5, 5.41) is 7.99. The van der Waals surface area contributed by atoms with Gasteiger partial charge in [0, 0.05) is 5.56 Å². The van der Waals surface area contributed by atoms with Gasteiger partial charge in [0.2, 0.25) is 0 Å². The molecule has 1 heterocycles. The minimum atomic E-state index is -2.12. The number of hydrogen-bond acceptors (Lipinski definition) is 6. The Hall–Kier alpha value is -3.63. The van der Waals surface area contributed by atoms with Crippen molar-refractivity contribution in [3.05, 3.63) is 64.7 Å². The first kappa shape index (κ1) is 31.3. The maximum Gasteiger partial charge on any atom is 0.255 e. The summed E-state index contributed by atoms with van der Waals surface area (Å²) in [7, 11) is -0.571. The average Bonchev–Trinajstić information content (AvgIpc) is 3.58. The Labute approximate surface area is 250 Å². The third kappa shape index (κ3) is 6.39. The molecule has 1 aromatic heterocycles. The second-order valence-corrected chi connectivity index (χ2v) is 17.5. The van der Waals surface area contributed by atoms with Gasteiger partial charge in [-0.15, -0.1) is 0 Å². The molecule has 226 valence electrons. The summed E-state index contributed by atoms with van der Waals surface area (Å²) in [5.41, 5.74) is 15.9. The van der Waals surface area contributed by atoms with Crippen molar-refractivity contribution in [2.75, 3.05) is 19.5 Å². The summed E-state index contributed by atoms with van der Waals surface area (Å²) >= 11 is 0. The van der Waals surface area contributed by atoms with Crippen molar-refractivity contribution in [2.24, 2.45) is 5.73 Å². The Morgan fingerprint density at radius 1 is 1.14 bits per heavy atom. The van der Waals surface area contributed by atoms with Gasteiger partial charge in [0.25, 0.3) is 11.8 Å². The SMILES string of the molecule is COc1ccccc1C(=O)NC(CO[Si](C)(C)C(C)(C)C)c1ccc(-c2nn(C3CCCC3)c(N)c2C(N)=O)cc1C. The van der Waals surface area contributed by atoms with Crippen LogP contribution in [0.25, 0.3) is 11.3 Å². The molecule has 2 amide bonds. The topological polar surface area (TPSA) is 134 Å². The van der Waals surface area contributed by atoms with Crippen LogP contribution in [0.4, 0.5) is 5.82 Å². The van der Waals surface area contributed by atoms with Gasteiger partial charge in [-0.2, -0.15) is 5.10 Å². The number of nitrogens with two attached hydrogens (primary N) is 2. The molecular weight excluding hydrogens is 546 g/mol. The first-order valence-electron chi connectivity index (χ1n) is 14.6. The molecule has 1 aliphatic rings. The van der Waals surface area contributed by atoms with E-state index in [0.29, 0.717) is 29.4 Å². The highest BCUT2D eigenvalue weighted by atomic mass is 28.4. The second kappa shape index (κ2) is 12.3. The Bertz CT molecular complexity index is 1450. The number of primary amides is 1. The lowest BCUT2D eigenvalue weighted by Gasteiger charge is -2.37. The van der Waals surface area contributed by atoms with Crippen molar-refractivity contribution in [3.63, 3.8) is 0 Å². The van der Waals surface area contributed by atoms with Crippen molar-refractivity contribution >= 4 is 25.9 Å². The Morgan fingerprint density at radius 3 is 2.40 bits per heavy atom. The molecule has 1 aliphatic carbocycles. The van der Waals surface area contributed by atoms with Crippen LogP contribution >= 0.6 is 0 Å². The number of nitrogen functional groups attached to an aromatic ring is 1. The molecule has 9 nitrogen and oxygen atoms in total. The molecule has 0 radical (unpaired) electrons. The van der Waals surface area contributed by atoms with Gasteiger partial charge in [0.15, 0.2) is 8.32 Å². The van der Waals surface area contributed by atoms with Gasteiger partial charge < -0.3 is 25.9 Å². The molecule has 5 N–H and O–H groups in total. The maximum atomic E-state index is 13.5. The van der Waals surface area contributed by atoms with Crippen LogP contribution in [0, 0.1) is 6.92 Å². The van der Waals surface area contributed by atoms with Gasteiger partial charge in [-0.1, -0.05) is 57.9 Å². The molecule has 2 aromatic carbocycles. The van der Waals surface area contributed by atoms with Crippen LogP contribution in [0.5, 0.6) is 5.75 Å². The summed E-state index contributed by atoms with van der Waals surface area (Å²) in [6.07, 6.45) is 4.17. The summed E-state index contributed by atoms with van der Waals surface area (Å²) in [5.74, 6) is -0.0338. The highest BCUT2D eigenvalue weighted by Crippen LogP contribution is 2.39. The van der Waals surface area contributed by atoms with Gasteiger partial charge in [0.05, 0.1) is 31.4 Å². The lowest BCUT2D eigenvalue weighted by atomic mass is 9.96. The van der Waals surface area contributed by atoms with Gasteiger partial charge >= 0.3 is 0 Å². The van der Waals surface area contributed by atoms with Crippen molar-refractivity contribution < 1.29 is 18.8 Å². The number of benzene rings is 2. The number of ether oxygens (including phenoxy) is 1. The average molecular weight is 592 g/mol. The van der Waals surface area contributed by atoms with E-state index in [1.54, 1.807) is 23.9 Å². The number of carbonyl (C=O) groups is 2. The number of aromatic nitrogens is 2. The number of rotatable bonds is 10. The third-order valence-corrected chi connectivity index (χ3v) is 13.4. The fraction of sp³-hybridized carbons (Fsp3) is 0.469. The molecule has 1 saturated carbocycles. The van der Waals surface area contributed by atoms with Crippen LogP contribution in [-0.2, 0) is 4.43 Å². The molecule has 0 spiro atoms. The number of carbonyl (C=O) groups excluding carboxylic acids is 2. The number of para-hydroxylation sites is 1. The Balaban J connectivity index is 1.71. The number of methoxy groups -OCH3 is 1. The standard InChI is InChI=1S/C32H45N5O4Si/c1-20-18-21(28-27(30(34)38)29(33)37(36-28)22-12-8-9-13-22)16-17-23(20)25(19-41-42(6,7)32(2,3)4)35-31(39)24-14-10-11-15-26(24)40-5/h10-11,14-18,22,25H,8-9,12-13,19,33H2,1-7H3,(H2,34,38)(H,35,39). The van der Waals surface area contributed by atoms with Gasteiger partial charge in [-0.3, -0.25) is 9.59 Å². The van der Waals surface area contributed by atoms with Crippen LogP contribution in [0.2, 0.25) is 18.1 Å². The minimum absolute atomic E-state index is 0.00630. The maximum absolute atomic E-state index is 13.5. The molecule has 4 rings (SSSR count). The minimum Gasteiger partial charge on any atom is -0.496 e. The van der Waals surface area contributed by atoms with E-state index in [1.807, 2.05) is 37.3 Å². The largest absolute Gasteiger partial charge is 0.496 e. The second-order valence-electron chi connectivity index (χ2n) is 12.7. The van der Waals surface area contributed by atoms with Crippen molar-refractivity contribution in [2.45, 2.75) is 83.6 Å². The highest BCUT2D eigenvalue weighted by molar-refractivity contribution is 6.74. The first-order valence-corrected chi connectivity index (χ1v) is 17.5. The van der Waals surface area contributed by atoms with E-state index >= 15 is 0 Å². The molecule has 0 aliphatic heterocycles. The summed E-state index contributed by atoms with van der Waals surface area (Å²) in [6, 6.07) is 12.7. The van der Waals surface area contributed by atoms with E-state index in [1.165, 1.54) is 0 Å². The monoisotopic (exact) mass is 591 g/mol. The number of hydrogen-bond donors (Lipinski definition) is 3. The van der Waals surface area contributed by atoms with Crippen molar-refractivity contribution in [1.82, 2.24) is 15.1 Å². The normalized spacial score (nSPS) is 15.0. The van der Waals surface area contributed by atoms with Crippen LogP contribution in [0.3, 0.4) is 0 Å². The van der Waals surface area contributed by atoms with E-state index < -0.39 is 20.3 Å². The number of aryl methyl sites for hydroxylation is 1. The molecule has 1 fully saturated rings. The van der Waals surface area contributed by atoms with E-state index in [9.17, 15) is 9.59 Å². The fourth-order valence-electron chi connectivity index (χ4n) is 5.32. The molecule has 0 bridgehead atoms. The predicted molar refractivity (Wildman–Crippen MR) is 169 cm³/mol. The van der Waals surface area contributed by atoms with Crippen LogP contribution in [0.1, 0.15) is 90.4 Å². The van der Waals surface area contributed by atoms with E-state index in [0.717, 1.165) is 42.4 Å². The summed E-state index contributed by atoms with van der Waals surface area (Å²) < 4.78 is 13.8. The Kier molecular flexibility index (Phi) is 9.17. The smallest absolute Gasteiger partial charge is 0.255 e. The van der Waals surface area contributed by atoms with Crippen LogP contribution in [-0.4, -0.2) is 43.6 Å². The van der Waals surface area contributed by atoms with E-state index in [4.69, 9.17) is 25.7 Å². The molecule has 42 heavy (non-hydrogen) atoms. The lowest BCUT2D eigenvalue weighted by molar-refractivity contribution is 0.0914. The van der Waals surface area contributed by atoms with E-state index in [2.05, 4.69) is 39.2 Å². The number of nitrogens with zero attached hydrogens (tertiary/aromatic N) is 2. The van der Waals surface area contributed by atoms with Crippen molar-refractivity contribution in [1.29, 1.82) is 0 Å². The first-order chi connectivity index (χ1) is 19.7. The predicted octanol–water partition coefficient (Wildman–Crippen LogP) is 6.16. The molecule has 10 heteroatoms. The summed E-state index contributed by atoms with van der Waals surface area (Å²) in [4.78, 5) is 26.0. The quantitative estimate of drug-likeness (QED) is 0.242. The zero-order valence-corrected chi connectivity index (χ0v) is 26.9. The van der Waals surface area contributed by atoms with Gasteiger partial charge in [-0.25, -0.2) is 4.68 Å². The Morgan fingerprint density at radius 2 is 1.81 bits per heavy atom. The number of anilines is 1. The molecule has 1 atom stereocenters. The number of amides is 2. The zero-order valence-electron chi connectivity index (χ0n) is 25.9. The van der Waals surface area contributed by atoms with Gasteiger partial charge in [0.1, 0.15) is 22.8 Å². The van der Waals surface area contributed by atoms with Crippen molar-refractivity contribution in [3.8, 4) is 17.0 Å². The van der Waals surface area contributed by atoms with Crippen LogP contribution < -0.4 is 21.5 Å². The zero-order chi connectivity index (χ0) is 30.8. The van der Waals surface area contributed by atoms with Gasteiger partial charge in [-0.05, 0) is 67.2 Å². The van der Waals surface area contributed by atoms with E-state index in [-0.39, 0.29) is 22.6 Å². The van der Waals surface area contributed by atoms with Crippen LogP contribution in [0.15, 0.2) is 42.5 Å².